The van der Waals surface area contributed by atoms with Crippen molar-refractivity contribution in [2.45, 2.75) is 17.9 Å². The molecule has 2 heterocycles. The van der Waals surface area contributed by atoms with Crippen LogP contribution in [0.25, 0.3) is 0 Å². The fourth-order valence-electron chi connectivity index (χ4n) is 3.11. The van der Waals surface area contributed by atoms with Crippen LogP contribution in [-0.2, 0) is 16.6 Å². The number of carbonyl (C=O) groups is 1. The van der Waals surface area contributed by atoms with Gasteiger partial charge in [0.1, 0.15) is 11.6 Å². The van der Waals surface area contributed by atoms with Crippen molar-refractivity contribution in [1.29, 1.82) is 0 Å². The number of amides is 2. The summed E-state index contributed by atoms with van der Waals surface area (Å²) in [4.78, 5) is 21.1. The number of aromatic nitrogens is 2. The Morgan fingerprint density at radius 2 is 1.97 bits per heavy atom. The van der Waals surface area contributed by atoms with Gasteiger partial charge in [-0.1, -0.05) is 18.2 Å². The summed E-state index contributed by atoms with van der Waals surface area (Å²) in [6, 6.07) is 11.6. The lowest BCUT2D eigenvalue weighted by atomic mass is 10.3. The second kappa shape index (κ2) is 9.79. The summed E-state index contributed by atoms with van der Waals surface area (Å²) in [5, 5.41) is 11.3. The van der Waals surface area contributed by atoms with Crippen LogP contribution in [0.2, 0.25) is 0 Å². The molecule has 2 amide bonds. The van der Waals surface area contributed by atoms with Crippen LogP contribution in [0.5, 0.6) is 0 Å². The zero-order valence-corrected chi connectivity index (χ0v) is 18.2. The van der Waals surface area contributed by atoms with Crippen molar-refractivity contribution in [1.82, 2.24) is 20.0 Å². The Balaban J connectivity index is 1.51. The largest absolute Gasteiger partial charge is 0.370 e. The molecule has 172 valence electrons. The average molecular weight is 472 g/mol. The third-order valence-corrected chi connectivity index (χ3v) is 6.22. The average Bonchev–Trinajstić information content (AvgIpc) is 2.80. The standard InChI is InChI=1S/C21H22FN7O3S/c22-17-7-1-2-8-18(17)28-21(30)25-13-14-12-24-20-27-15-5-3-6-16(11-15)33(31,32)26-10-4-9-23-19(14)29-20/h1-3,5-8,11-12,26H,4,9-10,13H2,(H2,25,28,30)(H2,23,24,27,29). The first-order valence-corrected chi connectivity index (χ1v) is 11.6. The van der Waals surface area contributed by atoms with Crippen LogP contribution in [0.4, 0.5) is 32.3 Å². The fourth-order valence-corrected chi connectivity index (χ4v) is 4.23. The molecule has 12 heteroatoms. The number of benzene rings is 2. The van der Waals surface area contributed by atoms with E-state index in [1.807, 2.05) is 0 Å². The predicted molar refractivity (Wildman–Crippen MR) is 122 cm³/mol. The van der Waals surface area contributed by atoms with E-state index in [9.17, 15) is 17.6 Å². The molecule has 3 aromatic rings. The van der Waals surface area contributed by atoms with E-state index in [1.165, 1.54) is 30.3 Å². The monoisotopic (exact) mass is 471 g/mol. The van der Waals surface area contributed by atoms with Gasteiger partial charge in [-0.05, 0) is 36.8 Å². The van der Waals surface area contributed by atoms with Gasteiger partial charge in [0.15, 0.2) is 0 Å². The SMILES string of the molecule is O=C(NCc1cnc2nc1NCCCNS(=O)(=O)c1cccc(c1)N2)Nc1ccccc1F. The van der Waals surface area contributed by atoms with Crippen LogP contribution in [-0.4, -0.2) is 37.5 Å². The lowest BCUT2D eigenvalue weighted by molar-refractivity contribution is 0.251. The lowest BCUT2D eigenvalue weighted by Gasteiger charge is -2.14. The Labute approximate surface area is 190 Å². The molecule has 0 saturated heterocycles. The number of carbonyl (C=O) groups excluding carboxylic acids is 1. The van der Waals surface area contributed by atoms with Gasteiger partial charge >= 0.3 is 6.03 Å². The first-order chi connectivity index (χ1) is 15.9. The number of urea groups is 1. The molecule has 0 atom stereocenters. The first kappa shape index (κ1) is 22.4. The molecule has 1 aliphatic heterocycles. The second-order valence-corrected chi connectivity index (χ2v) is 8.95. The lowest BCUT2D eigenvalue weighted by Crippen LogP contribution is -2.29. The molecule has 0 radical (unpaired) electrons. The molecule has 0 aliphatic carbocycles. The number of para-hydroxylation sites is 1. The van der Waals surface area contributed by atoms with Gasteiger partial charge < -0.3 is 21.3 Å². The van der Waals surface area contributed by atoms with Crippen molar-refractivity contribution in [3.63, 3.8) is 0 Å². The van der Waals surface area contributed by atoms with Crippen LogP contribution in [0.3, 0.4) is 0 Å². The van der Waals surface area contributed by atoms with E-state index in [0.717, 1.165) is 0 Å². The summed E-state index contributed by atoms with van der Waals surface area (Å²) in [7, 11) is -3.63. The highest BCUT2D eigenvalue weighted by atomic mass is 32.2. The van der Waals surface area contributed by atoms with Crippen molar-refractivity contribution < 1.29 is 17.6 Å². The highest BCUT2D eigenvalue weighted by Gasteiger charge is 2.16. The minimum atomic E-state index is -3.63. The maximum atomic E-state index is 13.7. The fraction of sp³-hybridized carbons (Fsp3) is 0.190. The van der Waals surface area contributed by atoms with Gasteiger partial charge in [0.25, 0.3) is 0 Å². The summed E-state index contributed by atoms with van der Waals surface area (Å²) >= 11 is 0. The van der Waals surface area contributed by atoms with E-state index in [4.69, 9.17) is 0 Å². The number of nitrogens with zero attached hydrogens (tertiary/aromatic N) is 2. The number of hydrogen-bond donors (Lipinski definition) is 5. The van der Waals surface area contributed by atoms with E-state index in [2.05, 4.69) is 36.0 Å². The number of fused-ring (bicyclic) bond motifs is 4. The van der Waals surface area contributed by atoms with E-state index >= 15 is 0 Å². The molecule has 4 bridgehead atoms. The Kier molecular flexibility index (Phi) is 6.66. The van der Waals surface area contributed by atoms with Gasteiger partial charge in [0.05, 0.1) is 10.6 Å². The molecule has 0 saturated carbocycles. The molecule has 33 heavy (non-hydrogen) atoms. The Morgan fingerprint density at radius 1 is 1.12 bits per heavy atom. The number of anilines is 4. The summed E-state index contributed by atoms with van der Waals surface area (Å²) in [5.41, 5.74) is 1.19. The van der Waals surface area contributed by atoms with Crippen molar-refractivity contribution in [3.8, 4) is 0 Å². The Morgan fingerprint density at radius 3 is 2.82 bits per heavy atom. The number of sulfonamides is 1. The topological polar surface area (TPSA) is 137 Å². The molecule has 0 unspecified atom stereocenters. The van der Waals surface area contributed by atoms with Crippen LogP contribution >= 0.6 is 0 Å². The minimum absolute atomic E-state index is 0.0688. The zero-order chi connectivity index (χ0) is 23.3. The predicted octanol–water partition coefficient (Wildman–Crippen LogP) is 2.77. The van der Waals surface area contributed by atoms with Crippen molar-refractivity contribution in [2.75, 3.05) is 29.0 Å². The number of hydrogen-bond acceptors (Lipinski definition) is 7. The van der Waals surface area contributed by atoms with Crippen molar-refractivity contribution >= 4 is 39.2 Å². The highest BCUT2D eigenvalue weighted by molar-refractivity contribution is 7.89. The van der Waals surface area contributed by atoms with Gasteiger partial charge in [-0.3, -0.25) is 0 Å². The maximum absolute atomic E-state index is 13.7. The maximum Gasteiger partial charge on any atom is 0.319 e. The van der Waals surface area contributed by atoms with Gasteiger partial charge in [-0.25, -0.2) is 27.3 Å². The Bertz CT molecular complexity index is 1270. The second-order valence-electron chi connectivity index (χ2n) is 7.19. The first-order valence-electron chi connectivity index (χ1n) is 10.2. The summed E-state index contributed by atoms with van der Waals surface area (Å²) in [6.45, 7) is 0.763. The van der Waals surface area contributed by atoms with Crippen LogP contribution in [0.1, 0.15) is 12.0 Å². The van der Waals surface area contributed by atoms with Gasteiger partial charge in [-0.15, -0.1) is 0 Å². The molecule has 1 aliphatic rings. The quantitative estimate of drug-likeness (QED) is 0.396. The molecule has 5 N–H and O–H groups in total. The van der Waals surface area contributed by atoms with Crippen LogP contribution in [0, 0.1) is 5.82 Å². The number of nitrogens with one attached hydrogen (secondary N) is 5. The molecule has 2 aromatic carbocycles. The Hall–Kier alpha value is -3.77. The molecule has 0 fully saturated rings. The van der Waals surface area contributed by atoms with E-state index in [1.54, 1.807) is 24.4 Å². The van der Waals surface area contributed by atoms with Crippen molar-refractivity contribution in [2.24, 2.45) is 0 Å². The summed E-state index contributed by atoms with van der Waals surface area (Å²) < 4.78 is 41.2. The number of halogens is 1. The summed E-state index contributed by atoms with van der Waals surface area (Å²) in [5.74, 6) is 0.210. The van der Waals surface area contributed by atoms with Crippen LogP contribution in [0.15, 0.2) is 59.6 Å². The molecular weight excluding hydrogens is 449 g/mol. The third kappa shape index (κ3) is 5.73. The molecule has 4 rings (SSSR count). The molecule has 0 spiro atoms. The van der Waals surface area contributed by atoms with Gasteiger partial charge in [0, 0.05) is 37.1 Å². The van der Waals surface area contributed by atoms with Crippen LogP contribution < -0.4 is 26.0 Å². The van der Waals surface area contributed by atoms with Crippen molar-refractivity contribution in [3.05, 3.63) is 66.1 Å². The highest BCUT2D eigenvalue weighted by Crippen LogP contribution is 2.21. The van der Waals surface area contributed by atoms with Gasteiger partial charge in [0.2, 0.25) is 16.0 Å². The smallest absolute Gasteiger partial charge is 0.319 e. The number of rotatable bonds is 3. The van der Waals surface area contributed by atoms with E-state index in [-0.39, 0.29) is 29.6 Å². The normalized spacial score (nSPS) is 14.9. The third-order valence-electron chi connectivity index (χ3n) is 4.76. The summed E-state index contributed by atoms with van der Waals surface area (Å²) in [6.07, 6.45) is 2.06. The molecule has 10 nitrogen and oxygen atoms in total. The minimum Gasteiger partial charge on any atom is -0.370 e. The van der Waals surface area contributed by atoms with Gasteiger partial charge in [-0.2, -0.15) is 4.98 Å². The molecular formula is C21H22FN7O3S. The zero-order valence-electron chi connectivity index (χ0n) is 17.4. The van der Waals surface area contributed by atoms with E-state index in [0.29, 0.717) is 30.0 Å². The van der Waals surface area contributed by atoms with E-state index < -0.39 is 21.9 Å². The molecule has 1 aromatic heterocycles.